The number of amides is 1. The van der Waals surface area contributed by atoms with Crippen LogP contribution in [-0.2, 0) is 11.2 Å². The Labute approximate surface area is 156 Å². The zero-order valence-electron chi connectivity index (χ0n) is 15.5. The molecule has 138 valence electrons. The summed E-state index contributed by atoms with van der Waals surface area (Å²) in [6.45, 7) is 8.11. The van der Waals surface area contributed by atoms with Crippen molar-refractivity contribution in [2.75, 3.05) is 5.73 Å². The number of carbonyl (C=O) groups excluding carboxylic acids is 1. The number of nitrogens with zero attached hydrogens (tertiary/aromatic N) is 4. The molecule has 3 aromatic heterocycles. The first-order valence-electron chi connectivity index (χ1n) is 8.66. The lowest BCUT2D eigenvalue weighted by Gasteiger charge is -2.20. The first-order chi connectivity index (χ1) is 12.3. The third-order valence-corrected chi connectivity index (χ3v) is 5.32. The minimum Gasteiger partial charge on any atom is -0.366 e. The van der Waals surface area contributed by atoms with E-state index in [1.807, 2.05) is 25.3 Å². The topological polar surface area (TPSA) is 98.2 Å². The Morgan fingerprint density at radius 3 is 2.77 bits per heavy atom. The van der Waals surface area contributed by atoms with Gasteiger partial charge in [0, 0.05) is 21.8 Å². The molecule has 3 N–H and O–H groups in total. The molecule has 1 amide bonds. The van der Waals surface area contributed by atoms with Crippen LogP contribution in [0, 0.1) is 19.8 Å². The van der Waals surface area contributed by atoms with Crippen LogP contribution in [0.15, 0.2) is 17.5 Å². The van der Waals surface area contributed by atoms with Crippen molar-refractivity contribution in [2.45, 2.75) is 46.6 Å². The van der Waals surface area contributed by atoms with Gasteiger partial charge in [-0.25, -0.2) is 4.98 Å². The van der Waals surface area contributed by atoms with E-state index >= 15 is 0 Å². The molecule has 0 radical (unpaired) electrons. The van der Waals surface area contributed by atoms with Crippen molar-refractivity contribution >= 4 is 29.0 Å². The smallest absolute Gasteiger partial charge is 0.254 e. The number of anilines is 1. The lowest BCUT2D eigenvalue weighted by molar-refractivity contribution is -0.121. The van der Waals surface area contributed by atoms with Crippen LogP contribution in [0.1, 0.15) is 48.1 Å². The van der Waals surface area contributed by atoms with E-state index in [2.05, 4.69) is 40.3 Å². The van der Waals surface area contributed by atoms with Crippen LogP contribution >= 0.6 is 11.3 Å². The zero-order chi connectivity index (χ0) is 18.8. The van der Waals surface area contributed by atoms with Crippen molar-refractivity contribution in [1.29, 1.82) is 0 Å². The van der Waals surface area contributed by atoms with E-state index in [9.17, 15) is 4.79 Å². The van der Waals surface area contributed by atoms with Crippen LogP contribution in [0.5, 0.6) is 0 Å². The minimum atomic E-state index is -0.0236. The number of aromatic nitrogens is 4. The average Bonchev–Trinajstić information content (AvgIpc) is 3.19. The fraction of sp³-hybridized carbons (Fsp3) is 0.444. The van der Waals surface area contributed by atoms with Gasteiger partial charge in [0.25, 0.3) is 5.78 Å². The van der Waals surface area contributed by atoms with Gasteiger partial charge in [-0.3, -0.25) is 4.79 Å². The van der Waals surface area contributed by atoms with Gasteiger partial charge < -0.3 is 11.1 Å². The van der Waals surface area contributed by atoms with E-state index in [1.54, 1.807) is 15.9 Å². The molecular formula is C18H24N6OS. The van der Waals surface area contributed by atoms with Gasteiger partial charge in [0.05, 0.1) is 12.5 Å². The van der Waals surface area contributed by atoms with Crippen molar-refractivity contribution in [2.24, 2.45) is 5.92 Å². The highest BCUT2D eigenvalue weighted by atomic mass is 32.1. The molecule has 0 bridgehead atoms. The van der Waals surface area contributed by atoms with E-state index in [0.29, 0.717) is 11.7 Å². The van der Waals surface area contributed by atoms with Crippen LogP contribution < -0.4 is 11.1 Å². The number of aryl methyl sites for hydroxylation is 2. The number of hydrogen-bond acceptors (Lipinski definition) is 6. The monoisotopic (exact) mass is 372 g/mol. The second-order valence-electron chi connectivity index (χ2n) is 6.88. The molecule has 0 saturated heterocycles. The lowest BCUT2D eigenvalue weighted by atomic mass is 10.0. The Kier molecular flexibility index (Phi) is 5.22. The number of nitrogen functional groups attached to an aromatic ring is 1. The number of carbonyl (C=O) groups is 1. The van der Waals surface area contributed by atoms with Gasteiger partial charge in [-0.1, -0.05) is 19.9 Å². The molecule has 7 nitrogen and oxygen atoms in total. The molecule has 0 fully saturated rings. The van der Waals surface area contributed by atoms with Crippen LogP contribution in [0.3, 0.4) is 0 Å². The molecule has 1 atom stereocenters. The Bertz CT molecular complexity index is 916. The van der Waals surface area contributed by atoms with Crippen LogP contribution in [0.4, 0.5) is 5.95 Å². The molecule has 0 spiro atoms. The zero-order valence-corrected chi connectivity index (χ0v) is 16.3. The Balaban J connectivity index is 1.81. The Hall–Kier alpha value is -2.48. The van der Waals surface area contributed by atoms with Gasteiger partial charge in [-0.2, -0.15) is 9.50 Å². The van der Waals surface area contributed by atoms with E-state index in [4.69, 9.17) is 5.73 Å². The average molecular weight is 372 g/mol. The molecule has 26 heavy (non-hydrogen) atoms. The molecule has 1 unspecified atom stereocenters. The lowest BCUT2D eigenvalue weighted by Crippen LogP contribution is -2.31. The molecule has 0 aliphatic carbocycles. The minimum absolute atomic E-state index is 0.0236. The second-order valence-corrected chi connectivity index (χ2v) is 7.86. The molecule has 3 rings (SSSR count). The van der Waals surface area contributed by atoms with Crippen LogP contribution in [0.25, 0.3) is 5.78 Å². The van der Waals surface area contributed by atoms with Crippen molar-refractivity contribution in [3.8, 4) is 0 Å². The van der Waals surface area contributed by atoms with Crippen molar-refractivity contribution < 1.29 is 4.79 Å². The summed E-state index contributed by atoms with van der Waals surface area (Å²) in [4.78, 5) is 22.4. The molecule has 0 saturated carbocycles. The normalized spacial score (nSPS) is 12.7. The number of rotatable bonds is 6. The third-order valence-electron chi connectivity index (χ3n) is 4.33. The van der Waals surface area contributed by atoms with Gasteiger partial charge in [-0.15, -0.1) is 16.4 Å². The summed E-state index contributed by atoms with van der Waals surface area (Å²) in [7, 11) is 0. The van der Waals surface area contributed by atoms with Crippen molar-refractivity contribution in [3.05, 3.63) is 39.3 Å². The molecule has 3 aromatic rings. The van der Waals surface area contributed by atoms with Gasteiger partial charge in [0.15, 0.2) is 0 Å². The maximum Gasteiger partial charge on any atom is 0.254 e. The van der Waals surface area contributed by atoms with Crippen LogP contribution in [0.2, 0.25) is 0 Å². The van der Waals surface area contributed by atoms with Gasteiger partial charge in [-0.05, 0) is 37.6 Å². The molecular weight excluding hydrogens is 348 g/mol. The largest absolute Gasteiger partial charge is 0.366 e. The van der Waals surface area contributed by atoms with E-state index in [0.717, 1.165) is 23.4 Å². The summed E-state index contributed by atoms with van der Waals surface area (Å²) in [6, 6.07) is 4.11. The van der Waals surface area contributed by atoms with E-state index < -0.39 is 0 Å². The Morgan fingerprint density at radius 2 is 2.12 bits per heavy atom. The van der Waals surface area contributed by atoms with Crippen LogP contribution in [-0.4, -0.2) is 25.5 Å². The Morgan fingerprint density at radius 1 is 1.35 bits per heavy atom. The van der Waals surface area contributed by atoms with Crippen molar-refractivity contribution in [1.82, 2.24) is 24.9 Å². The number of thiophene rings is 1. The highest BCUT2D eigenvalue weighted by Gasteiger charge is 2.20. The maximum atomic E-state index is 12.7. The predicted octanol–water partition coefficient (Wildman–Crippen LogP) is 2.83. The third kappa shape index (κ3) is 3.85. The highest BCUT2D eigenvalue weighted by molar-refractivity contribution is 7.10. The summed E-state index contributed by atoms with van der Waals surface area (Å²) in [6.07, 6.45) is 1.15. The number of nitrogens with two attached hydrogens (primary N) is 1. The maximum absolute atomic E-state index is 12.7. The fourth-order valence-corrected chi connectivity index (χ4v) is 3.88. The number of nitrogens with one attached hydrogen (secondary N) is 1. The predicted molar refractivity (Wildman–Crippen MR) is 103 cm³/mol. The summed E-state index contributed by atoms with van der Waals surface area (Å²) >= 11 is 1.67. The first kappa shape index (κ1) is 18.3. The molecule has 8 heteroatoms. The van der Waals surface area contributed by atoms with Gasteiger partial charge in [0.1, 0.15) is 0 Å². The standard InChI is InChI=1S/C18H24N6OS/c1-10(2)8-14(15-6-5-7-26-15)21-16(25)9-13-11(3)20-18-22-17(19)23-24(18)12(13)4/h5-7,10,14H,8-9H2,1-4H3,(H2,19,23)(H,21,25). The quantitative estimate of drug-likeness (QED) is 0.693. The highest BCUT2D eigenvalue weighted by Crippen LogP contribution is 2.25. The second kappa shape index (κ2) is 7.41. The number of hydrogen-bond donors (Lipinski definition) is 2. The summed E-state index contributed by atoms with van der Waals surface area (Å²) < 4.78 is 1.59. The molecule has 0 aliphatic rings. The SMILES string of the molecule is Cc1nc2nc(N)nn2c(C)c1CC(=O)NC(CC(C)C)c1cccs1. The van der Waals surface area contributed by atoms with Gasteiger partial charge in [0.2, 0.25) is 11.9 Å². The summed E-state index contributed by atoms with van der Waals surface area (Å²) in [5.74, 6) is 1.10. The van der Waals surface area contributed by atoms with Crippen molar-refractivity contribution in [3.63, 3.8) is 0 Å². The van der Waals surface area contributed by atoms with E-state index in [1.165, 1.54) is 4.88 Å². The molecule has 0 aliphatic heterocycles. The van der Waals surface area contributed by atoms with Gasteiger partial charge >= 0.3 is 0 Å². The summed E-state index contributed by atoms with van der Waals surface area (Å²) in [5, 5.41) is 9.37. The summed E-state index contributed by atoms with van der Waals surface area (Å²) in [5.41, 5.74) is 8.13. The first-order valence-corrected chi connectivity index (χ1v) is 9.54. The molecule has 3 heterocycles. The number of fused-ring (bicyclic) bond motifs is 1. The fourth-order valence-electron chi connectivity index (χ4n) is 3.09. The van der Waals surface area contributed by atoms with E-state index in [-0.39, 0.29) is 24.3 Å². The molecule has 0 aromatic carbocycles.